The van der Waals surface area contributed by atoms with Crippen LogP contribution in [0.5, 0.6) is 0 Å². The molecule has 0 aromatic heterocycles. The Balaban J connectivity index is 1.89. The molecule has 100 valence electrons. The number of halogens is 1. The van der Waals surface area contributed by atoms with Gasteiger partial charge in [-0.05, 0) is 44.5 Å². The lowest BCUT2D eigenvalue weighted by atomic mass is 10.0. The zero-order valence-electron chi connectivity index (χ0n) is 11.3. The Morgan fingerprint density at radius 1 is 1.33 bits per heavy atom. The standard InChI is InChI=1S/C15H23ClN2/c1-17-15-9-5-7-13(15)11-18(2)10-12-6-3-4-8-14(12)16/h3-4,6,8,13,15,17H,5,7,9-11H2,1-2H3. The minimum absolute atomic E-state index is 0.693. The molecule has 0 radical (unpaired) electrons. The molecule has 1 aromatic carbocycles. The average molecular weight is 267 g/mol. The van der Waals surface area contributed by atoms with Crippen molar-refractivity contribution in [3.05, 3.63) is 34.9 Å². The van der Waals surface area contributed by atoms with E-state index in [9.17, 15) is 0 Å². The molecule has 1 aliphatic rings. The molecule has 0 amide bonds. The van der Waals surface area contributed by atoms with E-state index in [1.807, 2.05) is 12.1 Å². The van der Waals surface area contributed by atoms with Gasteiger partial charge >= 0.3 is 0 Å². The molecule has 1 fully saturated rings. The number of rotatable bonds is 5. The highest BCUT2D eigenvalue weighted by Crippen LogP contribution is 2.26. The Kier molecular flexibility index (Phi) is 5.04. The Bertz CT molecular complexity index is 381. The molecule has 3 heteroatoms. The molecule has 1 aromatic rings. The zero-order valence-corrected chi connectivity index (χ0v) is 12.1. The van der Waals surface area contributed by atoms with Gasteiger partial charge in [0.25, 0.3) is 0 Å². The lowest BCUT2D eigenvalue weighted by Gasteiger charge is -2.25. The van der Waals surface area contributed by atoms with Crippen molar-refractivity contribution < 1.29 is 0 Å². The molecule has 0 aliphatic heterocycles. The topological polar surface area (TPSA) is 15.3 Å². The van der Waals surface area contributed by atoms with Gasteiger partial charge in [0.1, 0.15) is 0 Å². The molecule has 18 heavy (non-hydrogen) atoms. The highest BCUT2D eigenvalue weighted by molar-refractivity contribution is 6.31. The van der Waals surface area contributed by atoms with Crippen LogP contribution in [0.1, 0.15) is 24.8 Å². The highest BCUT2D eigenvalue weighted by Gasteiger charge is 2.26. The first-order chi connectivity index (χ1) is 8.70. The maximum Gasteiger partial charge on any atom is 0.0451 e. The minimum atomic E-state index is 0.693. The first-order valence-electron chi connectivity index (χ1n) is 6.80. The molecular formula is C15H23ClN2. The normalized spacial score (nSPS) is 23.8. The SMILES string of the molecule is CNC1CCCC1CN(C)Cc1ccccc1Cl. The Hall–Kier alpha value is -0.570. The molecule has 1 saturated carbocycles. The van der Waals surface area contributed by atoms with E-state index >= 15 is 0 Å². The van der Waals surface area contributed by atoms with E-state index in [1.165, 1.54) is 24.8 Å². The molecule has 1 aliphatic carbocycles. The third-order valence-corrected chi connectivity index (χ3v) is 4.34. The smallest absolute Gasteiger partial charge is 0.0451 e. The van der Waals surface area contributed by atoms with Gasteiger partial charge in [-0.2, -0.15) is 0 Å². The minimum Gasteiger partial charge on any atom is -0.317 e. The monoisotopic (exact) mass is 266 g/mol. The largest absolute Gasteiger partial charge is 0.317 e. The van der Waals surface area contributed by atoms with Crippen LogP contribution in [0.3, 0.4) is 0 Å². The Labute approximate surface area is 115 Å². The number of hydrogen-bond acceptors (Lipinski definition) is 2. The lowest BCUT2D eigenvalue weighted by Crippen LogP contribution is -2.36. The summed E-state index contributed by atoms with van der Waals surface area (Å²) in [5.41, 5.74) is 1.22. The van der Waals surface area contributed by atoms with Crippen LogP contribution < -0.4 is 5.32 Å². The second-order valence-electron chi connectivity index (χ2n) is 5.37. The van der Waals surface area contributed by atoms with E-state index in [2.05, 4.69) is 36.4 Å². The highest BCUT2D eigenvalue weighted by atomic mass is 35.5. The number of hydrogen-bond donors (Lipinski definition) is 1. The summed E-state index contributed by atoms with van der Waals surface area (Å²) in [5.74, 6) is 0.780. The van der Waals surface area contributed by atoms with Crippen molar-refractivity contribution in [1.29, 1.82) is 0 Å². The van der Waals surface area contributed by atoms with Gasteiger partial charge in [-0.15, -0.1) is 0 Å². The van der Waals surface area contributed by atoms with Gasteiger partial charge in [-0.1, -0.05) is 36.2 Å². The molecule has 2 rings (SSSR count). The van der Waals surface area contributed by atoms with Crippen molar-refractivity contribution in [1.82, 2.24) is 10.2 Å². The number of benzene rings is 1. The summed E-state index contributed by atoms with van der Waals surface area (Å²) in [7, 11) is 4.27. The van der Waals surface area contributed by atoms with Gasteiger partial charge in [0.2, 0.25) is 0 Å². The molecule has 1 N–H and O–H groups in total. The van der Waals surface area contributed by atoms with Crippen LogP contribution >= 0.6 is 11.6 Å². The lowest BCUT2D eigenvalue weighted by molar-refractivity contribution is 0.249. The van der Waals surface area contributed by atoms with Gasteiger partial charge in [0, 0.05) is 24.2 Å². The summed E-state index contributed by atoms with van der Waals surface area (Å²) < 4.78 is 0. The van der Waals surface area contributed by atoms with Crippen LogP contribution in [0, 0.1) is 5.92 Å². The van der Waals surface area contributed by atoms with E-state index in [-0.39, 0.29) is 0 Å². The van der Waals surface area contributed by atoms with E-state index < -0.39 is 0 Å². The fraction of sp³-hybridized carbons (Fsp3) is 0.600. The molecule has 0 heterocycles. The summed E-state index contributed by atoms with van der Waals surface area (Å²) in [5, 5.41) is 4.32. The number of nitrogens with one attached hydrogen (secondary N) is 1. The second kappa shape index (κ2) is 6.55. The maximum absolute atomic E-state index is 6.20. The Morgan fingerprint density at radius 3 is 2.83 bits per heavy atom. The van der Waals surface area contributed by atoms with Gasteiger partial charge in [-0.25, -0.2) is 0 Å². The summed E-state index contributed by atoms with van der Waals surface area (Å²) in [6.45, 7) is 2.09. The van der Waals surface area contributed by atoms with Gasteiger partial charge < -0.3 is 10.2 Å². The van der Waals surface area contributed by atoms with Crippen LogP contribution in [0.25, 0.3) is 0 Å². The van der Waals surface area contributed by atoms with Crippen LogP contribution in [0.15, 0.2) is 24.3 Å². The fourth-order valence-electron chi connectivity index (χ4n) is 3.02. The van der Waals surface area contributed by atoms with Gasteiger partial charge in [0.15, 0.2) is 0 Å². The second-order valence-corrected chi connectivity index (χ2v) is 5.78. The molecular weight excluding hydrogens is 244 g/mol. The van der Waals surface area contributed by atoms with Crippen LogP contribution in [-0.4, -0.2) is 31.6 Å². The molecule has 2 unspecified atom stereocenters. The summed E-state index contributed by atoms with van der Waals surface area (Å²) in [4.78, 5) is 2.39. The van der Waals surface area contributed by atoms with Crippen LogP contribution in [0.2, 0.25) is 5.02 Å². The summed E-state index contributed by atoms with van der Waals surface area (Å²) >= 11 is 6.20. The summed E-state index contributed by atoms with van der Waals surface area (Å²) in [6, 6.07) is 8.82. The van der Waals surface area contributed by atoms with Crippen molar-refractivity contribution >= 4 is 11.6 Å². The zero-order chi connectivity index (χ0) is 13.0. The molecule has 0 bridgehead atoms. The average Bonchev–Trinajstić information content (AvgIpc) is 2.79. The quantitative estimate of drug-likeness (QED) is 0.881. The van der Waals surface area contributed by atoms with E-state index in [4.69, 9.17) is 11.6 Å². The molecule has 2 nitrogen and oxygen atoms in total. The molecule has 0 saturated heterocycles. The van der Waals surface area contributed by atoms with Crippen LogP contribution in [-0.2, 0) is 6.54 Å². The number of nitrogens with zero attached hydrogens (tertiary/aromatic N) is 1. The van der Waals surface area contributed by atoms with E-state index in [0.29, 0.717) is 6.04 Å². The van der Waals surface area contributed by atoms with Crippen molar-refractivity contribution in [2.75, 3.05) is 20.6 Å². The van der Waals surface area contributed by atoms with Crippen molar-refractivity contribution in [3.63, 3.8) is 0 Å². The molecule has 2 atom stereocenters. The van der Waals surface area contributed by atoms with Crippen molar-refractivity contribution in [2.45, 2.75) is 31.8 Å². The van der Waals surface area contributed by atoms with Gasteiger partial charge in [0.05, 0.1) is 0 Å². The predicted octanol–water partition coefficient (Wildman–Crippen LogP) is 3.16. The van der Waals surface area contributed by atoms with Crippen LogP contribution in [0.4, 0.5) is 0 Å². The van der Waals surface area contributed by atoms with E-state index in [0.717, 1.165) is 24.0 Å². The maximum atomic E-state index is 6.20. The Morgan fingerprint density at radius 2 is 2.11 bits per heavy atom. The first-order valence-corrected chi connectivity index (χ1v) is 7.17. The third kappa shape index (κ3) is 3.47. The van der Waals surface area contributed by atoms with E-state index in [1.54, 1.807) is 0 Å². The summed E-state index contributed by atoms with van der Waals surface area (Å²) in [6.07, 6.45) is 4.02. The molecule has 0 spiro atoms. The van der Waals surface area contributed by atoms with Gasteiger partial charge in [-0.3, -0.25) is 0 Å². The predicted molar refractivity (Wildman–Crippen MR) is 78.0 cm³/mol. The van der Waals surface area contributed by atoms with Crippen molar-refractivity contribution in [2.24, 2.45) is 5.92 Å². The fourth-order valence-corrected chi connectivity index (χ4v) is 3.21. The first kappa shape index (κ1) is 13.9. The van der Waals surface area contributed by atoms with Crippen molar-refractivity contribution in [3.8, 4) is 0 Å². The third-order valence-electron chi connectivity index (χ3n) is 3.97.